The monoisotopic (exact) mass is 913 g/mol. The maximum Gasteiger partial charge on any atom is 0.471 e. The summed E-state index contributed by atoms with van der Waals surface area (Å²) in [7, 11) is -3.91. The Hall–Kier alpha value is -2.44. The van der Waals surface area contributed by atoms with Crippen LogP contribution in [-0.2, 0) is 27.8 Å². The van der Waals surface area contributed by atoms with E-state index in [-0.39, 0.29) is 68.0 Å². The van der Waals surface area contributed by atoms with Crippen LogP contribution in [0, 0.1) is 43.1 Å². The van der Waals surface area contributed by atoms with Crippen LogP contribution in [0.25, 0.3) is 16.9 Å². The second-order valence-corrected chi connectivity index (χ2v) is 13.5. The number of hydrogen-bond donors (Lipinski definition) is 1. The minimum atomic E-state index is -4.98. The van der Waals surface area contributed by atoms with Crippen LogP contribution in [0.2, 0.25) is 0 Å². The molecule has 1 fully saturated rings. The first-order valence-electron chi connectivity index (χ1n) is 13.7. The number of amides is 1. The van der Waals surface area contributed by atoms with Gasteiger partial charge in [-0.2, -0.15) is 27.1 Å². The summed E-state index contributed by atoms with van der Waals surface area (Å²) in [5.74, 6) is -1.22. The fourth-order valence-electron chi connectivity index (χ4n) is 5.61. The number of piperidine rings is 1. The Morgan fingerprint density at radius 3 is 2.70 bits per heavy atom. The SMILES string of the molecule is O=C(N1CCc2ccc(S(=O)(=O)N3CCCC(CNc4cc(-c5[c-]cccc5)nc5c(Br)cnn45)C3)cc2C1)C(F)(F)F.[U]. The predicted molar refractivity (Wildman–Crippen MR) is 157 cm³/mol. The van der Waals surface area contributed by atoms with Crippen molar-refractivity contribution >= 4 is 43.3 Å². The number of hydrogen-bond acceptors (Lipinski definition) is 6. The second kappa shape index (κ2) is 13.1. The summed E-state index contributed by atoms with van der Waals surface area (Å²) >= 11 is 3.50. The standard InChI is InChI=1S/C29H27BrF3N6O3S.U/c30-24-16-35-39-26(14-25(36-27(24)39)21-6-2-1-3-7-21)34-15-19-5-4-11-38(17-19)43(41,42)23-9-8-20-10-12-37(18-22(20)13-23)28(40)29(31,32)33;/h1-3,6,8-9,13-14,16,19,34H,4-5,10-12,15,17-18H2;/q-1;. The number of carbonyl (C=O) groups is 1. The number of nitrogens with zero attached hydrogens (tertiary/aromatic N) is 5. The van der Waals surface area contributed by atoms with E-state index in [0.29, 0.717) is 42.2 Å². The Balaban J connectivity index is 0.00000384. The molecule has 1 amide bonds. The van der Waals surface area contributed by atoms with Gasteiger partial charge in [0.1, 0.15) is 5.82 Å². The summed E-state index contributed by atoms with van der Waals surface area (Å²) < 4.78 is 70.2. The van der Waals surface area contributed by atoms with Crippen LogP contribution < -0.4 is 5.32 Å². The van der Waals surface area contributed by atoms with E-state index in [2.05, 4.69) is 32.4 Å². The van der Waals surface area contributed by atoms with Crippen LogP contribution in [0.4, 0.5) is 19.0 Å². The number of rotatable bonds is 6. The van der Waals surface area contributed by atoms with Gasteiger partial charge in [0.15, 0.2) is 5.65 Å². The van der Waals surface area contributed by atoms with E-state index in [1.807, 2.05) is 30.3 Å². The van der Waals surface area contributed by atoms with Gasteiger partial charge in [0.2, 0.25) is 10.0 Å². The number of carbonyl (C=O) groups excluding carboxylic acids is 1. The summed E-state index contributed by atoms with van der Waals surface area (Å²) in [6, 6.07) is 17.2. The summed E-state index contributed by atoms with van der Waals surface area (Å²) in [6.07, 6.45) is -1.61. The summed E-state index contributed by atoms with van der Waals surface area (Å²) in [5.41, 5.74) is 3.33. The van der Waals surface area contributed by atoms with Crippen molar-refractivity contribution < 1.29 is 57.5 Å². The molecule has 0 bridgehead atoms. The van der Waals surface area contributed by atoms with E-state index < -0.39 is 22.1 Å². The Bertz CT molecular complexity index is 1790. The quantitative estimate of drug-likeness (QED) is 0.276. The summed E-state index contributed by atoms with van der Waals surface area (Å²) in [4.78, 5) is 17.2. The molecular weight excluding hydrogens is 887 g/mol. The topological polar surface area (TPSA) is 99.9 Å². The number of fused-ring (bicyclic) bond motifs is 2. The molecule has 0 radical (unpaired) electrons. The predicted octanol–water partition coefficient (Wildman–Crippen LogP) is 4.92. The van der Waals surface area contributed by atoms with E-state index in [1.165, 1.54) is 16.4 Å². The minimum Gasteiger partial charge on any atom is -0.370 e. The molecule has 1 unspecified atom stereocenters. The molecule has 2 aromatic carbocycles. The van der Waals surface area contributed by atoms with E-state index >= 15 is 0 Å². The van der Waals surface area contributed by atoms with Crippen LogP contribution in [0.5, 0.6) is 0 Å². The fourth-order valence-corrected chi connectivity index (χ4v) is 7.56. The van der Waals surface area contributed by atoms with Gasteiger partial charge in [-0.15, -0.1) is 35.9 Å². The van der Waals surface area contributed by atoms with Crippen LogP contribution >= 0.6 is 15.9 Å². The number of aromatic nitrogens is 3. The van der Waals surface area contributed by atoms with Crippen molar-refractivity contribution in [2.45, 2.75) is 36.9 Å². The molecular formula is C29H27BrF3N6O3SU-. The van der Waals surface area contributed by atoms with Crippen molar-refractivity contribution in [3.63, 3.8) is 0 Å². The normalized spacial score (nSPS) is 17.6. The number of alkyl halides is 3. The first-order valence-corrected chi connectivity index (χ1v) is 16.0. The Morgan fingerprint density at radius 1 is 1.14 bits per heavy atom. The number of halogens is 4. The zero-order valence-corrected chi connectivity index (χ0v) is 29.9. The molecule has 9 nitrogen and oxygen atoms in total. The fraction of sp³-hybridized carbons (Fsp3) is 0.345. The first kappa shape index (κ1) is 32.9. The van der Waals surface area contributed by atoms with Crippen molar-refractivity contribution in [1.29, 1.82) is 0 Å². The van der Waals surface area contributed by atoms with Crippen molar-refractivity contribution in [3.8, 4) is 11.3 Å². The largest absolute Gasteiger partial charge is 0.471 e. The molecule has 1 atom stereocenters. The van der Waals surface area contributed by atoms with Gasteiger partial charge < -0.3 is 10.2 Å². The van der Waals surface area contributed by atoms with Crippen LogP contribution in [0.3, 0.4) is 0 Å². The van der Waals surface area contributed by atoms with Gasteiger partial charge >= 0.3 is 12.1 Å². The van der Waals surface area contributed by atoms with Gasteiger partial charge in [0.05, 0.1) is 15.6 Å². The van der Waals surface area contributed by atoms with Gasteiger partial charge in [0.25, 0.3) is 0 Å². The minimum absolute atomic E-state index is 0. The van der Waals surface area contributed by atoms with Gasteiger partial charge in [0, 0.05) is 63.8 Å². The number of sulfonamides is 1. The van der Waals surface area contributed by atoms with Gasteiger partial charge in [-0.25, -0.2) is 8.42 Å². The van der Waals surface area contributed by atoms with Crippen molar-refractivity contribution in [2.24, 2.45) is 5.92 Å². The zero-order valence-electron chi connectivity index (χ0n) is 23.3. The molecule has 0 spiro atoms. The third-order valence-electron chi connectivity index (χ3n) is 7.82. The maximum absolute atomic E-state index is 13.7. The van der Waals surface area contributed by atoms with Gasteiger partial charge in [-0.3, -0.25) is 9.78 Å². The Morgan fingerprint density at radius 2 is 1.95 bits per heavy atom. The molecule has 0 aliphatic carbocycles. The Labute approximate surface area is 284 Å². The van der Waals surface area contributed by atoms with Gasteiger partial charge in [-0.05, 0) is 76.1 Å². The molecule has 15 heteroatoms. The third kappa shape index (κ3) is 6.72. The number of benzene rings is 2. The van der Waals surface area contributed by atoms with Gasteiger partial charge in [-0.1, -0.05) is 6.07 Å². The molecule has 1 saturated heterocycles. The number of nitrogens with one attached hydrogen (secondary N) is 1. The molecule has 0 saturated carbocycles. The molecule has 6 rings (SSSR count). The average Bonchev–Trinajstić information content (AvgIpc) is 3.39. The summed E-state index contributed by atoms with van der Waals surface area (Å²) in [5, 5.41) is 7.85. The van der Waals surface area contributed by atoms with Crippen LogP contribution in [0.1, 0.15) is 24.0 Å². The molecule has 2 aliphatic rings. The van der Waals surface area contributed by atoms with Crippen molar-refractivity contribution in [2.75, 3.05) is 31.5 Å². The second-order valence-electron chi connectivity index (χ2n) is 10.7. The van der Waals surface area contributed by atoms with Crippen LogP contribution in [-0.4, -0.2) is 70.5 Å². The zero-order chi connectivity index (χ0) is 30.4. The molecule has 4 aromatic rings. The first-order chi connectivity index (χ1) is 20.5. The number of anilines is 1. The average molecular weight is 915 g/mol. The molecule has 44 heavy (non-hydrogen) atoms. The molecule has 1 N–H and O–H groups in total. The summed E-state index contributed by atoms with van der Waals surface area (Å²) in [6.45, 7) is 0.758. The molecule has 230 valence electrons. The third-order valence-corrected chi connectivity index (χ3v) is 10.2. The van der Waals surface area contributed by atoms with E-state index in [0.717, 1.165) is 26.9 Å². The maximum atomic E-state index is 13.7. The van der Waals surface area contributed by atoms with Crippen molar-refractivity contribution in [3.05, 3.63) is 76.4 Å². The molecule has 4 heterocycles. The Kier molecular flexibility index (Phi) is 9.82. The van der Waals surface area contributed by atoms with Crippen molar-refractivity contribution in [1.82, 2.24) is 23.8 Å². The van der Waals surface area contributed by atoms with Crippen LogP contribution in [0.15, 0.2) is 64.1 Å². The van der Waals surface area contributed by atoms with E-state index in [4.69, 9.17) is 4.98 Å². The smallest absolute Gasteiger partial charge is 0.370 e. The molecule has 2 aromatic heterocycles. The molecule has 2 aliphatic heterocycles. The van der Waals surface area contributed by atoms with E-state index in [1.54, 1.807) is 16.8 Å². The van der Waals surface area contributed by atoms with E-state index in [9.17, 15) is 26.4 Å².